The molecule has 0 saturated carbocycles. The van der Waals surface area contributed by atoms with Crippen molar-refractivity contribution in [3.63, 3.8) is 0 Å². The lowest BCUT2D eigenvalue weighted by Crippen LogP contribution is -1.93. The first kappa shape index (κ1) is 13.1. The standard InChI is InChI=1S/C12H10FN.C3H6/c13-12(10-5-2-1-3-6-10)11-7-4-8-14-9-11;1-3-2/h1-9,12H;3H,1H2,2H3. The Labute approximate surface area is 102 Å². The smallest absolute Gasteiger partial charge is 0.152 e. The van der Waals surface area contributed by atoms with Crippen LogP contribution in [0, 0.1) is 0 Å². The molecule has 0 aliphatic carbocycles. The number of nitrogens with zero attached hydrogens (tertiary/aromatic N) is 1. The van der Waals surface area contributed by atoms with E-state index in [1.807, 2.05) is 25.1 Å². The summed E-state index contributed by atoms with van der Waals surface area (Å²) in [4.78, 5) is 3.89. The Morgan fingerprint density at radius 1 is 1.12 bits per heavy atom. The Bertz CT molecular complexity index is 386. The number of hydrogen-bond donors (Lipinski definition) is 0. The molecule has 1 atom stereocenters. The fourth-order valence-corrected chi connectivity index (χ4v) is 1.34. The Kier molecular flexibility index (Phi) is 5.66. The molecular weight excluding hydrogens is 213 g/mol. The molecule has 0 bridgehead atoms. The van der Waals surface area contributed by atoms with Gasteiger partial charge in [-0.25, -0.2) is 4.39 Å². The number of aromatic nitrogens is 1. The van der Waals surface area contributed by atoms with Crippen LogP contribution in [0.1, 0.15) is 24.2 Å². The van der Waals surface area contributed by atoms with Gasteiger partial charge in [0.2, 0.25) is 0 Å². The third kappa shape index (κ3) is 4.19. The lowest BCUT2D eigenvalue weighted by Gasteiger charge is -2.07. The highest BCUT2D eigenvalue weighted by atomic mass is 19.1. The van der Waals surface area contributed by atoms with Gasteiger partial charge in [-0.05, 0) is 18.6 Å². The predicted octanol–water partition coefficient (Wildman–Crippen LogP) is 4.33. The summed E-state index contributed by atoms with van der Waals surface area (Å²) in [6, 6.07) is 12.6. The van der Waals surface area contributed by atoms with Gasteiger partial charge in [0.25, 0.3) is 0 Å². The number of alkyl halides is 1. The van der Waals surface area contributed by atoms with E-state index in [-0.39, 0.29) is 0 Å². The second kappa shape index (κ2) is 7.34. The van der Waals surface area contributed by atoms with Crippen molar-refractivity contribution in [2.24, 2.45) is 0 Å². The topological polar surface area (TPSA) is 12.9 Å². The second-order valence-electron chi connectivity index (χ2n) is 3.47. The van der Waals surface area contributed by atoms with Crippen LogP contribution >= 0.6 is 0 Å². The van der Waals surface area contributed by atoms with Gasteiger partial charge >= 0.3 is 0 Å². The van der Waals surface area contributed by atoms with E-state index in [4.69, 9.17) is 0 Å². The highest BCUT2D eigenvalue weighted by molar-refractivity contribution is 5.27. The van der Waals surface area contributed by atoms with E-state index < -0.39 is 6.17 Å². The Morgan fingerprint density at radius 3 is 2.24 bits per heavy atom. The number of halogens is 1. The molecule has 0 aliphatic rings. The first-order valence-corrected chi connectivity index (χ1v) is 5.45. The zero-order valence-electron chi connectivity index (χ0n) is 9.88. The van der Waals surface area contributed by atoms with E-state index in [2.05, 4.69) is 11.6 Å². The number of benzene rings is 1. The number of hydrogen-bond acceptors (Lipinski definition) is 1. The second-order valence-corrected chi connectivity index (χ2v) is 3.47. The quantitative estimate of drug-likeness (QED) is 0.698. The highest BCUT2D eigenvalue weighted by Crippen LogP contribution is 2.24. The summed E-state index contributed by atoms with van der Waals surface area (Å²) in [5.74, 6) is 0. The lowest BCUT2D eigenvalue weighted by molar-refractivity contribution is 0.401. The van der Waals surface area contributed by atoms with Gasteiger partial charge in [-0.15, -0.1) is 6.58 Å². The van der Waals surface area contributed by atoms with Gasteiger partial charge in [0.15, 0.2) is 6.17 Å². The minimum atomic E-state index is -1.08. The molecule has 1 heterocycles. The Balaban J connectivity index is 0.000000437. The average molecular weight is 229 g/mol. The monoisotopic (exact) mass is 229 g/mol. The normalized spacial score (nSPS) is 10.9. The van der Waals surface area contributed by atoms with Gasteiger partial charge in [-0.1, -0.05) is 42.5 Å². The van der Waals surface area contributed by atoms with Crippen molar-refractivity contribution in [2.45, 2.75) is 13.1 Å². The van der Waals surface area contributed by atoms with Crippen molar-refractivity contribution < 1.29 is 4.39 Å². The molecule has 1 nitrogen and oxygen atoms in total. The van der Waals surface area contributed by atoms with E-state index in [9.17, 15) is 4.39 Å². The highest BCUT2D eigenvalue weighted by Gasteiger charge is 2.10. The van der Waals surface area contributed by atoms with E-state index >= 15 is 0 Å². The van der Waals surface area contributed by atoms with Crippen molar-refractivity contribution in [1.82, 2.24) is 4.98 Å². The van der Waals surface area contributed by atoms with Gasteiger partial charge in [-0.3, -0.25) is 4.98 Å². The minimum Gasteiger partial charge on any atom is -0.264 e. The third-order valence-corrected chi connectivity index (χ3v) is 2.07. The zero-order valence-corrected chi connectivity index (χ0v) is 9.88. The van der Waals surface area contributed by atoms with Crippen LogP contribution in [0.2, 0.25) is 0 Å². The Morgan fingerprint density at radius 2 is 1.71 bits per heavy atom. The fourth-order valence-electron chi connectivity index (χ4n) is 1.34. The molecule has 0 fully saturated rings. The molecule has 1 unspecified atom stereocenters. The van der Waals surface area contributed by atoms with Crippen LogP contribution in [0.4, 0.5) is 4.39 Å². The SMILES string of the molecule is C=CC.FC(c1ccccc1)c1cccnc1. The predicted molar refractivity (Wildman–Crippen MR) is 69.5 cm³/mol. The number of pyridine rings is 1. The first-order chi connectivity index (χ1) is 8.29. The van der Waals surface area contributed by atoms with Gasteiger partial charge < -0.3 is 0 Å². The summed E-state index contributed by atoms with van der Waals surface area (Å²) < 4.78 is 13.8. The molecule has 2 heteroatoms. The number of rotatable bonds is 2. The number of allylic oxidation sites excluding steroid dienone is 1. The van der Waals surface area contributed by atoms with Crippen molar-refractivity contribution in [3.05, 3.63) is 78.6 Å². The molecule has 17 heavy (non-hydrogen) atoms. The van der Waals surface area contributed by atoms with Gasteiger partial charge in [0, 0.05) is 18.0 Å². The van der Waals surface area contributed by atoms with Crippen LogP contribution in [0.25, 0.3) is 0 Å². The van der Waals surface area contributed by atoms with E-state index in [0.717, 1.165) is 0 Å². The third-order valence-electron chi connectivity index (χ3n) is 2.07. The molecule has 1 aromatic heterocycles. The molecule has 0 N–H and O–H groups in total. The summed E-state index contributed by atoms with van der Waals surface area (Å²) in [5, 5.41) is 0. The van der Waals surface area contributed by atoms with Gasteiger partial charge in [0.05, 0.1) is 0 Å². The maximum absolute atomic E-state index is 13.8. The van der Waals surface area contributed by atoms with Crippen LogP contribution in [0.5, 0.6) is 0 Å². The van der Waals surface area contributed by atoms with Crippen LogP contribution in [-0.2, 0) is 0 Å². The zero-order chi connectivity index (χ0) is 12.5. The van der Waals surface area contributed by atoms with Crippen molar-refractivity contribution >= 4 is 0 Å². The van der Waals surface area contributed by atoms with Crippen molar-refractivity contribution in [1.29, 1.82) is 0 Å². The summed E-state index contributed by atoms with van der Waals surface area (Å²) in [6.45, 7) is 5.25. The van der Waals surface area contributed by atoms with Crippen molar-refractivity contribution in [3.8, 4) is 0 Å². The summed E-state index contributed by atoms with van der Waals surface area (Å²) in [6.07, 6.45) is 3.86. The lowest BCUT2D eigenvalue weighted by atomic mass is 10.1. The molecule has 0 spiro atoms. The molecule has 88 valence electrons. The molecule has 0 amide bonds. The van der Waals surface area contributed by atoms with Gasteiger partial charge in [0.1, 0.15) is 0 Å². The fraction of sp³-hybridized carbons (Fsp3) is 0.133. The maximum Gasteiger partial charge on any atom is 0.152 e. The molecule has 1 aromatic carbocycles. The van der Waals surface area contributed by atoms with E-state index in [1.165, 1.54) is 0 Å². The summed E-state index contributed by atoms with van der Waals surface area (Å²) >= 11 is 0. The van der Waals surface area contributed by atoms with Crippen LogP contribution < -0.4 is 0 Å². The van der Waals surface area contributed by atoms with Crippen LogP contribution in [0.3, 0.4) is 0 Å². The molecule has 2 aromatic rings. The van der Waals surface area contributed by atoms with Gasteiger partial charge in [-0.2, -0.15) is 0 Å². The minimum absolute atomic E-state index is 0.596. The molecule has 0 aliphatic heterocycles. The average Bonchev–Trinajstić information content (AvgIpc) is 2.41. The molecule has 0 saturated heterocycles. The maximum atomic E-state index is 13.8. The molecular formula is C15H16FN. The van der Waals surface area contributed by atoms with E-state index in [1.54, 1.807) is 42.7 Å². The van der Waals surface area contributed by atoms with E-state index in [0.29, 0.717) is 11.1 Å². The summed E-state index contributed by atoms with van der Waals surface area (Å²) in [5.41, 5.74) is 1.26. The van der Waals surface area contributed by atoms with Crippen LogP contribution in [-0.4, -0.2) is 4.98 Å². The molecule has 0 radical (unpaired) electrons. The van der Waals surface area contributed by atoms with Crippen molar-refractivity contribution in [2.75, 3.05) is 0 Å². The Hall–Kier alpha value is -1.96. The van der Waals surface area contributed by atoms with Crippen LogP contribution in [0.15, 0.2) is 67.5 Å². The molecule has 2 rings (SSSR count). The summed E-state index contributed by atoms with van der Waals surface area (Å²) in [7, 11) is 0. The largest absolute Gasteiger partial charge is 0.264 e. The first-order valence-electron chi connectivity index (χ1n) is 5.45.